The minimum absolute atomic E-state index is 0.00888. The summed E-state index contributed by atoms with van der Waals surface area (Å²) < 4.78 is 29.3. The van der Waals surface area contributed by atoms with Gasteiger partial charge >= 0.3 is 0 Å². The fourth-order valence-electron chi connectivity index (χ4n) is 3.59. The highest BCUT2D eigenvalue weighted by atomic mass is 32.1. The number of benzene rings is 2. The molecule has 1 aliphatic rings. The first kappa shape index (κ1) is 20.1. The van der Waals surface area contributed by atoms with Crippen molar-refractivity contribution >= 4 is 28.8 Å². The topological polar surface area (TPSA) is 76.6 Å². The van der Waals surface area contributed by atoms with Crippen LogP contribution in [0.15, 0.2) is 30.3 Å². The molecule has 0 fully saturated rings. The molecule has 1 amide bonds. The van der Waals surface area contributed by atoms with Gasteiger partial charge in [0.25, 0.3) is 0 Å². The summed E-state index contributed by atoms with van der Waals surface area (Å²) in [4.78, 5) is 18.9. The van der Waals surface area contributed by atoms with Gasteiger partial charge < -0.3 is 19.7 Å². The number of carbonyl (C=O) groups excluding carboxylic acids is 1. The quantitative estimate of drug-likeness (QED) is 0.646. The molecule has 0 saturated heterocycles. The van der Waals surface area contributed by atoms with Gasteiger partial charge in [0.1, 0.15) is 16.6 Å². The number of amides is 1. The molecule has 0 saturated carbocycles. The lowest BCUT2D eigenvalue weighted by Crippen LogP contribution is -2.34. The van der Waals surface area contributed by atoms with Gasteiger partial charge in [-0.15, -0.1) is 0 Å². The molecule has 1 N–H and O–H groups in total. The lowest BCUT2D eigenvalue weighted by Gasteiger charge is -2.19. The van der Waals surface area contributed by atoms with Gasteiger partial charge in [-0.1, -0.05) is 6.07 Å². The Labute approximate surface area is 177 Å². The molecule has 4 rings (SSSR count). The molecule has 156 valence electrons. The predicted octanol–water partition coefficient (Wildman–Crippen LogP) is 3.67. The summed E-state index contributed by atoms with van der Waals surface area (Å²) in [6.45, 7) is 2.34. The van der Waals surface area contributed by atoms with E-state index < -0.39 is 5.82 Å². The van der Waals surface area contributed by atoms with Crippen LogP contribution in [0.1, 0.15) is 11.4 Å². The summed E-state index contributed by atoms with van der Waals surface area (Å²) in [5.41, 5.74) is 2.83. The van der Waals surface area contributed by atoms with E-state index in [0.29, 0.717) is 28.6 Å². The first-order valence-electron chi connectivity index (χ1n) is 9.40. The summed E-state index contributed by atoms with van der Waals surface area (Å²) in [5, 5.41) is 3.63. The number of rotatable bonds is 6. The maximum atomic E-state index is 14.6. The molecule has 1 aliphatic heterocycles. The standard InChI is InChI=1S/C21H21FN4O3S/c1-12-24-21(30-25-12)13-9-15(22)20(29-3)16(10-13)23-11-19(27)26-8-7-14-17(26)5-4-6-18(14)28-2/h4-6,9-10,23H,7-8,11H2,1-3H3. The Morgan fingerprint density at radius 3 is 2.83 bits per heavy atom. The third-order valence-corrected chi connectivity index (χ3v) is 5.81. The van der Waals surface area contributed by atoms with Gasteiger partial charge in [0.2, 0.25) is 5.91 Å². The minimum Gasteiger partial charge on any atom is -0.496 e. The zero-order valence-corrected chi connectivity index (χ0v) is 17.7. The van der Waals surface area contributed by atoms with Crippen LogP contribution in [0, 0.1) is 12.7 Å². The van der Waals surface area contributed by atoms with E-state index in [0.717, 1.165) is 23.4 Å². The van der Waals surface area contributed by atoms with E-state index in [1.807, 2.05) is 18.2 Å². The number of hydrogen-bond acceptors (Lipinski definition) is 7. The van der Waals surface area contributed by atoms with Crippen LogP contribution in [0.25, 0.3) is 10.6 Å². The Balaban J connectivity index is 1.55. The van der Waals surface area contributed by atoms with Gasteiger partial charge in [0, 0.05) is 17.7 Å². The zero-order valence-electron chi connectivity index (χ0n) is 16.9. The maximum Gasteiger partial charge on any atom is 0.246 e. The Morgan fingerprint density at radius 1 is 1.30 bits per heavy atom. The lowest BCUT2D eigenvalue weighted by molar-refractivity contribution is -0.116. The third-order valence-electron chi connectivity index (χ3n) is 4.96. The molecule has 0 atom stereocenters. The number of carbonyl (C=O) groups is 1. The summed E-state index contributed by atoms with van der Waals surface area (Å²) in [7, 11) is 3.01. The molecule has 0 unspecified atom stereocenters. The lowest BCUT2D eigenvalue weighted by atomic mass is 10.1. The van der Waals surface area contributed by atoms with Gasteiger partial charge in [-0.2, -0.15) is 4.37 Å². The van der Waals surface area contributed by atoms with Crippen LogP contribution in [0.2, 0.25) is 0 Å². The van der Waals surface area contributed by atoms with E-state index in [9.17, 15) is 9.18 Å². The fourth-order valence-corrected chi connectivity index (χ4v) is 4.24. The van der Waals surface area contributed by atoms with Crippen LogP contribution in [0.5, 0.6) is 11.5 Å². The first-order valence-corrected chi connectivity index (χ1v) is 10.2. The van der Waals surface area contributed by atoms with Crippen molar-refractivity contribution in [2.45, 2.75) is 13.3 Å². The number of aryl methyl sites for hydroxylation is 1. The van der Waals surface area contributed by atoms with Gasteiger partial charge in [0.05, 0.1) is 32.1 Å². The van der Waals surface area contributed by atoms with E-state index in [-0.39, 0.29) is 18.2 Å². The zero-order chi connectivity index (χ0) is 21.3. The molecule has 0 bridgehead atoms. The molecule has 0 spiro atoms. The van der Waals surface area contributed by atoms with Gasteiger partial charge in [-0.25, -0.2) is 9.37 Å². The Hall–Kier alpha value is -3.20. The van der Waals surface area contributed by atoms with Crippen molar-refractivity contribution in [1.29, 1.82) is 0 Å². The molecule has 7 nitrogen and oxygen atoms in total. The second-order valence-electron chi connectivity index (χ2n) is 6.79. The number of methoxy groups -OCH3 is 2. The monoisotopic (exact) mass is 428 g/mol. The SMILES string of the molecule is COc1cccc2c1CCN2C(=O)CNc1cc(-c2nc(C)ns2)cc(F)c1OC. The molecule has 2 heterocycles. The number of nitrogens with one attached hydrogen (secondary N) is 1. The molecular formula is C21H21FN4O3S. The molecule has 0 aliphatic carbocycles. The minimum atomic E-state index is -0.533. The van der Waals surface area contributed by atoms with Crippen molar-refractivity contribution in [2.24, 2.45) is 0 Å². The Bertz CT molecular complexity index is 1100. The van der Waals surface area contributed by atoms with Crippen LogP contribution in [0.4, 0.5) is 15.8 Å². The van der Waals surface area contributed by atoms with Crippen LogP contribution in [-0.4, -0.2) is 42.6 Å². The second-order valence-corrected chi connectivity index (χ2v) is 7.54. The molecule has 0 radical (unpaired) electrons. The van der Waals surface area contributed by atoms with Gasteiger partial charge in [-0.3, -0.25) is 4.79 Å². The molecule has 30 heavy (non-hydrogen) atoms. The highest BCUT2D eigenvalue weighted by Gasteiger charge is 2.27. The predicted molar refractivity (Wildman–Crippen MR) is 114 cm³/mol. The van der Waals surface area contributed by atoms with Crippen molar-refractivity contribution in [3.8, 4) is 22.1 Å². The smallest absolute Gasteiger partial charge is 0.246 e. The van der Waals surface area contributed by atoms with E-state index >= 15 is 0 Å². The number of aromatic nitrogens is 2. The average Bonchev–Trinajstić information content (AvgIpc) is 3.37. The van der Waals surface area contributed by atoms with Crippen molar-refractivity contribution in [1.82, 2.24) is 9.36 Å². The highest BCUT2D eigenvalue weighted by molar-refractivity contribution is 7.09. The molecular weight excluding hydrogens is 407 g/mol. The number of nitrogens with zero attached hydrogens (tertiary/aromatic N) is 3. The van der Waals surface area contributed by atoms with Gasteiger partial charge in [0.15, 0.2) is 11.6 Å². The highest BCUT2D eigenvalue weighted by Crippen LogP contribution is 2.36. The van der Waals surface area contributed by atoms with Crippen molar-refractivity contribution in [2.75, 3.05) is 37.5 Å². The van der Waals surface area contributed by atoms with E-state index in [2.05, 4.69) is 14.7 Å². The number of fused-ring (bicyclic) bond motifs is 1. The van der Waals surface area contributed by atoms with Crippen molar-refractivity contribution in [3.05, 3.63) is 47.5 Å². The van der Waals surface area contributed by atoms with Crippen LogP contribution in [0.3, 0.4) is 0 Å². The molecule has 1 aromatic heterocycles. The number of anilines is 2. The summed E-state index contributed by atoms with van der Waals surface area (Å²) in [5.74, 6) is 0.797. The molecule has 2 aromatic carbocycles. The van der Waals surface area contributed by atoms with E-state index in [1.54, 1.807) is 25.0 Å². The number of halogens is 1. The number of ether oxygens (including phenoxy) is 2. The fraction of sp³-hybridized carbons (Fsp3) is 0.286. The first-order chi connectivity index (χ1) is 14.5. The maximum absolute atomic E-state index is 14.6. The third kappa shape index (κ3) is 3.68. The van der Waals surface area contributed by atoms with E-state index in [4.69, 9.17) is 9.47 Å². The number of hydrogen-bond donors (Lipinski definition) is 1. The van der Waals surface area contributed by atoms with E-state index in [1.165, 1.54) is 24.7 Å². The summed E-state index contributed by atoms with van der Waals surface area (Å²) in [6, 6.07) is 8.73. The average molecular weight is 428 g/mol. The van der Waals surface area contributed by atoms with Gasteiger partial charge in [-0.05, 0) is 49.1 Å². The van der Waals surface area contributed by atoms with Crippen LogP contribution in [-0.2, 0) is 11.2 Å². The van der Waals surface area contributed by atoms with Crippen molar-refractivity contribution in [3.63, 3.8) is 0 Å². The summed E-state index contributed by atoms with van der Waals surface area (Å²) >= 11 is 1.19. The van der Waals surface area contributed by atoms with Crippen molar-refractivity contribution < 1.29 is 18.7 Å². The largest absolute Gasteiger partial charge is 0.496 e. The normalized spacial score (nSPS) is 12.6. The Kier molecular flexibility index (Phi) is 5.54. The van der Waals surface area contributed by atoms with Crippen LogP contribution >= 0.6 is 11.5 Å². The Morgan fingerprint density at radius 2 is 2.13 bits per heavy atom. The van der Waals surface area contributed by atoms with Crippen LogP contribution < -0.4 is 19.7 Å². The molecule has 3 aromatic rings. The molecule has 9 heteroatoms. The summed E-state index contributed by atoms with van der Waals surface area (Å²) in [6.07, 6.45) is 0.731. The second kappa shape index (κ2) is 8.27.